The lowest BCUT2D eigenvalue weighted by molar-refractivity contribution is 0.145. The molecule has 0 saturated carbocycles. The highest BCUT2D eigenvalue weighted by Gasteiger charge is 2.15. The van der Waals surface area contributed by atoms with Gasteiger partial charge in [0, 0.05) is 57.7 Å². The number of nitrogens with one attached hydrogen (secondary N) is 2. The number of methoxy groups -OCH3 is 1. The second-order valence-electron chi connectivity index (χ2n) is 7.37. The van der Waals surface area contributed by atoms with Crippen LogP contribution in [0, 0.1) is 6.92 Å². The third-order valence-electron chi connectivity index (χ3n) is 5.03. The van der Waals surface area contributed by atoms with E-state index in [1.165, 1.54) is 18.4 Å². The number of nitrogens with zero attached hydrogens (tertiary/aromatic N) is 3. The predicted molar refractivity (Wildman–Crippen MR) is 139 cm³/mol. The number of hydrogen-bond acceptors (Lipinski definition) is 6. The molecule has 1 aromatic carbocycles. The van der Waals surface area contributed by atoms with Crippen LogP contribution in [0.25, 0.3) is 0 Å². The number of anilines is 1. The van der Waals surface area contributed by atoms with Crippen molar-refractivity contribution in [1.29, 1.82) is 0 Å². The van der Waals surface area contributed by atoms with Crippen molar-refractivity contribution in [1.82, 2.24) is 15.6 Å². The molecule has 1 fully saturated rings. The second-order valence-corrected chi connectivity index (χ2v) is 8.21. The first-order valence-corrected chi connectivity index (χ1v) is 11.4. The third-order valence-corrected chi connectivity index (χ3v) is 5.98. The highest BCUT2D eigenvalue weighted by atomic mass is 127. The summed E-state index contributed by atoms with van der Waals surface area (Å²) in [6, 6.07) is 6.24. The van der Waals surface area contributed by atoms with Gasteiger partial charge in [0.25, 0.3) is 0 Å². The van der Waals surface area contributed by atoms with E-state index in [0.717, 1.165) is 54.2 Å². The second kappa shape index (κ2) is 13.7. The van der Waals surface area contributed by atoms with Gasteiger partial charge in [0.1, 0.15) is 12.4 Å². The summed E-state index contributed by atoms with van der Waals surface area (Å²) in [6.07, 6.45) is 3.43. The molecule has 0 aliphatic carbocycles. The maximum atomic E-state index is 5.87. The van der Waals surface area contributed by atoms with E-state index in [0.29, 0.717) is 19.8 Å². The molecule has 2 aromatic rings. The molecule has 3 rings (SSSR count). The molecule has 1 aliphatic rings. The number of aliphatic imine (C=N–C) groups is 1. The molecule has 0 unspecified atom stereocenters. The fourth-order valence-corrected chi connectivity index (χ4v) is 4.26. The van der Waals surface area contributed by atoms with Crippen molar-refractivity contribution in [3.8, 4) is 5.75 Å². The lowest BCUT2D eigenvalue weighted by Crippen LogP contribution is -2.38. The Hall–Kier alpha value is -1.59. The van der Waals surface area contributed by atoms with E-state index in [9.17, 15) is 0 Å². The zero-order chi connectivity index (χ0) is 21.2. The van der Waals surface area contributed by atoms with Gasteiger partial charge in [-0.25, -0.2) is 4.98 Å². The average molecular weight is 560 g/mol. The normalized spacial score (nSPS) is 13.8. The van der Waals surface area contributed by atoms with Crippen molar-refractivity contribution in [3.63, 3.8) is 0 Å². The average Bonchev–Trinajstić information content (AvgIpc) is 3.44. The number of hydrogen-bond donors (Lipinski definition) is 2. The molecule has 2 N–H and O–H groups in total. The van der Waals surface area contributed by atoms with E-state index in [2.05, 4.69) is 51.0 Å². The van der Waals surface area contributed by atoms with E-state index in [-0.39, 0.29) is 24.0 Å². The van der Waals surface area contributed by atoms with Gasteiger partial charge in [0.2, 0.25) is 0 Å². The van der Waals surface area contributed by atoms with Gasteiger partial charge in [-0.2, -0.15) is 0 Å². The zero-order valence-corrected chi connectivity index (χ0v) is 21.8. The van der Waals surface area contributed by atoms with Gasteiger partial charge in [0.15, 0.2) is 11.1 Å². The third kappa shape index (κ3) is 8.12. The Morgan fingerprint density at radius 3 is 2.77 bits per heavy atom. The van der Waals surface area contributed by atoms with Crippen LogP contribution in [-0.4, -0.2) is 57.9 Å². The lowest BCUT2D eigenvalue weighted by atomic mass is 10.1. The first kappa shape index (κ1) is 25.7. The first-order chi connectivity index (χ1) is 14.7. The molecule has 172 valence electrons. The van der Waals surface area contributed by atoms with Gasteiger partial charge >= 0.3 is 0 Å². The highest BCUT2D eigenvalue weighted by Crippen LogP contribution is 2.24. The number of ether oxygens (including phenoxy) is 2. The van der Waals surface area contributed by atoms with Gasteiger partial charge in [-0.15, -0.1) is 35.3 Å². The van der Waals surface area contributed by atoms with Crippen molar-refractivity contribution in [2.45, 2.75) is 32.7 Å². The monoisotopic (exact) mass is 559 g/mol. The number of aryl methyl sites for hydroxylation is 1. The molecular formula is C22H34IN5O2S. The van der Waals surface area contributed by atoms with Crippen LogP contribution in [0.4, 0.5) is 5.13 Å². The molecule has 0 radical (unpaired) electrons. The lowest BCUT2D eigenvalue weighted by Gasteiger charge is -2.15. The minimum absolute atomic E-state index is 0. The smallest absolute Gasteiger partial charge is 0.191 e. The summed E-state index contributed by atoms with van der Waals surface area (Å²) in [5.74, 6) is 1.65. The van der Waals surface area contributed by atoms with Crippen LogP contribution in [0.15, 0.2) is 28.6 Å². The molecule has 2 heterocycles. The molecular weight excluding hydrogens is 525 g/mol. The molecule has 31 heavy (non-hydrogen) atoms. The summed E-state index contributed by atoms with van der Waals surface area (Å²) in [5.41, 5.74) is 3.40. The van der Waals surface area contributed by atoms with E-state index >= 15 is 0 Å². The number of guanidine groups is 1. The number of aromatic nitrogens is 1. The van der Waals surface area contributed by atoms with Crippen LogP contribution in [0.3, 0.4) is 0 Å². The van der Waals surface area contributed by atoms with E-state index < -0.39 is 0 Å². The number of thiazole rings is 1. The van der Waals surface area contributed by atoms with Crippen molar-refractivity contribution in [2.75, 3.05) is 51.9 Å². The molecule has 7 nitrogen and oxygen atoms in total. The summed E-state index contributed by atoms with van der Waals surface area (Å²) >= 11 is 1.75. The van der Waals surface area contributed by atoms with Gasteiger partial charge < -0.3 is 25.0 Å². The number of rotatable bonds is 10. The molecule has 0 spiro atoms. The van der Waals surface area contributed by atoms with Crippen LogP contribution >= 0.6 is 35.3 Å². The van der Waals surface area contributed by atoms with Crippen LogP contribution in [0.5, 0.6) is 5.75 Å². The number of halogens is 1. The Labute approximate surface area is 206 Å². The summed E-state index contributed by atoms with van der Waals surface area (Å²) < 4.78 is 11.0. The summed E-state index contributed by atoms with van der Waals surface area (Å²) in [7, 11) is 3.46. The van der Waals surface area contributed by atoms with Crippen molar-refractivity contribution < 1.29 is 9.47 Å². The maximum absolute atomic E-state index is 5.87. The molecule has 0 atom stereocenters. The van der Waals surface area contributed by atoms with Gasteiger partial charge in [-0.1, -0.05) is 12.1 Å². The largest absolute Gasteiger partial charge is 0.491 e. The van der Waals surface area contributed by atoms with Crippen molar-refractivity contribution in [2.24, 2.45) is 4.99 Å². The van der Waals surface area contributed by atoms with E-state index in [1.54, 1.807) is 25.5 Å². The Kier molecular flexibility index (Phi) is 11.4. The SMILES string of the molecule is CN=C(NCCc1csc(N2CCCC2)n1)NCc1ccc(C)cc1OCCOC.I. The topological polar surface area (TPSA) is 71.0 Å². The van der Waals surface area contributed by atoms with Crippen LogP contribution in [0.2, 0.25) is 0 Å². The Morgan fingerprint density at radius 1 is 1.23 bits per heavy atom. The quantitative estimate of drug-likeness (QED) is 0.201. The molecule has 1 aliphatic heterocycles. The van der Waals surface area contributed by atoms with E-state index in [1.807, 2.05) is 0 Å². The van der Waals surface area contributed by atoms with Crippen LogP contribution in [-0.2, 0) is 17.7 Å². The zero-order valence-electron chi connectivity index (χ0n) is 18.6. The Balaban J connectivity index is 0.00000341. The predicted octanol–water partition coefficient (Wildman–Crippen LogP) is 3.60. The van der Waals surface area contributed by atoms with E-state index in [4.69, 9.17) is 14.5 Å². The minimum Gasteiger partial charge on any atom is -0.491 e. The Morgan fingerprint density at radius 2 is 2.03 bits per heavy atom. The standard InChI is InChI=1S/C22H33N5O2S.HI/c1-17-6-7-18(20(14-17)29-13-12-28-3)15-25-21(23-2)24-9-8-19-16-30-22(26-19)27-10-4-5-11-27;/h6-7,14,16H,4-5,8-13,15H2,1-3H3,(H2,23,24,25);1H. The number of benzene rings is 1. The fourth-order valence-electron chi connectivity index (χ4n) is 3.35. The maximum Gasteiger partial charge on any atom is 0.191 e. The molecule has 0 amide bonds. The molecule has 1 aromatic heterocycles. The minimum atomic E-state index is 0. The Bertz CT molecular complexity index is 824. The van der Waals surface area contributed by atoms with Crippen LogP contribution in [0.1, 0.15) is 29.7 Å². The summed E-state index contributed by atoms with van der Waals surface area (Å²) in [4.78, 5) is 11.5. The first-order valence-electron chi connectivity index (χ1n) is 10.5. The summed E-state index contributed by atoms with van der Waals surface area (Å²) in [5, 5.41) is 10.1. The van der Waals surface area contributed by atoms with Crippen molar-refractivity contribution in [3.05, 3.63) is 40.4 Å². The highest BCUT2D eigenvalue weighted by molar-refractivity contribution is 14.0. The fraction of sp³-hybridized carbons (Fsp3) is 0.545. The molecule has 0 bridgehead atoms. The summed E-state index contributed by atoms with van der Waals surface area (Å²) in [6.45, 7) is 6.86. The van der Waals surface area contributed by atoms with Gasteiger partial charge in [-0.3, -0.25) is 4.99 Å². The van der Waals surface area contributed by atoms with Gasteiger partial charge in [-0.05, 0) is 31.4 Å². The molecule has 1 saturated heterocycles. The molecule has 9 heteroatoms. The van der Waals surface area contributed by atoms with Gasteiger partial charge in [0.05, 0.1) is 12.3 Å². The van der Waals surface area contributed by atoms with Crippen LogP contribution < -0.4 is 20.3 Å². The van der Waals surface area contributed by atoms with Crippen molar-refractivity contribution >= 4 is 46.4 Å².